The van der Waals surface area contributed by atoms with E-state index in [1.807, 2.05) is 21.5 Å². The molecule has 1 N–H and O–H groups in total. The lowest BCUT2D eigenvalue weighted by atomic mass is 10.2. The summed E-state index contributed by atoms with van der Waals surface area (Å²) in [6.45, 7) is 4.95. The standard InChI is InChI=1S/C25H28N6O/c32-25-17-28(15-21-1-5-23(6-2-21)30-11-9-26-19-30)13-14-29(18-25)16-22-3-7-24(8-4-22)31-12-10-27-20-31/h1-12,19-20,25,32H,13-18H2. The molecular weight excluding hydrogens is 400 g/mol. The van der Waals surface area contributed by atoms with Crippen LogP contribution in [0.4, 0.5) is 0 Å². The lowest BCUT2D eigenvalue weighted by molar-refractivity contribution is 0.106. The molecule has 0 aliphatic carbocycles. The van der Waals surface area contributed by atoms with Gasteiger partial charge in [0.2, 0.25) is 0 Å². The molecule has 0 bridgehead atoms. The third-order valence-electron chi connectivity index (χ3n) is 5.96. The second-order valence-electron chi connectivity index (χ2n) is 8.40. The summed E-state index contributed by atoms with van der Waals surface area (Å²) in [6, 6.07) is 17.1. The van der Waals surface area contributed by atoms with Crippen LogP contribution in [0.1, 0.15) is 11.1 Å². The van der Waals surface area contributed by atoms with Crippen LogP contribution < -0.4 is 0 Å². The maximum atomic E-state index is 10.6. The summed E-state index contributed by atoms with van der Waals surface area (Å²) in [7, 11) is 0. The molecule has 32 heavy (non-hydrogen) atoms. The van der Waals surface area contributed by atoms with Crippen LogP contribution in [-0.2, 0) is 13.1 Å². The third-order valence-corrected chi connectivity index (χ3v) is 5.96. The van der Waals surface area contributed by atoms with Crippen molar-refractivity contribution in [2.75, 3.05) is 26.2 Å². The number of nitrogens with zero attached hydrogens (tertiary/aromatic N) is 6. The number of hydrogen-bond acceptors (Lipinski definition) is 5. The van der Waals surface area contributed by atoms with Gasteiger partial charge in [-0.05, 0) is 35.4 Å². The molecule has 0 spiro atoms. The minimum Gasteiger partial charge on any atom is -0.390 e. The molecule has 164 valence electrons. The average Bonchev–Trinajstić information content (AvgIpc) is 3.50. The number of imidazole rings is 2. The smallest absolute Gasteiger partial charge is 0.0991 e. The minimum absolute atomic E-state index is 0.354. The van der Waals surface area contributed by atoms with Gasteiger partial charge in [-0.2, -0.15) is 0 Å². The van der Waals surface area contributed by atoms with E-state index in [1.165, 1.54) is 11.1 Å². The van der Waals surface area contributed by atoms with Gasteiger partial charge in [0.15, 0.2) is 0 Å². The number of aromatic nitrogens is 4. The summed E-state index contributed by atoms with van der Waals surface area (Å²) in [6.07, 6.45) is 10.7. The van der Waals surface area contributed by atoms with Crippen molar-refractivity contribution in [1.82, 2.24) is 28.9 Å². The summed E-state index contributed by atoms with van der Waals surface area (Å²) in [4.78, 5) is 12.9. The van der Waals surface area contributed by atoms with E-state index in [2.05, 4.69) is 68.3 Å². The molecule has 1 fully saturated rings. The van der Waals surface area contributed by atoms with Crippen molar-refractivity contribution in [3.8, 4) is 11.4 Å². The fraction of sp³-hybridized carbons (Fsp3) is 0.280. The highest BCUT2D eigenvalue weighted by Gasteiger charge is 2.21. The Morgan fingerprint density at radius 2 is 1.12 bits per heavy atom. The normalized spacial score (nSPS) is 16.3. The molecule has 3 heterocycles. The maximum absolute atomic E-state index is 10.6. The van der Waals surface area contributed by atoms with E-state index in [0.717, 1.165) is 37.6 Å². The molecule has 0 amide bonds. The highest BCUT2D eigenvalue weighted by Crippen LogP contribution is 2.16. The molecule has 1 aliphatic heterocycles. The van der Waals surface area contributed by atoms with Crippen molar-refractivity contribution >= 4 is 0 Å². The topological polar surface area (TPSA) is 62.4 Å². The zero-order valence-electron chi connectivity index (χ0n) is 18.0. The van der Waals surface area contributed by atoms with Crippen molar-refractivity contribution in [3.05, 3.63) is 97.1 Å². The predicted octanol–water partition coefficient (Wildman–Crippen LogP) is 2.74. The lowest BCUT2D eigenvalue weighted by Gasteiger charge is -2.22. The van der Waals surface area contributed by atoms with Gasteiger partial charge in [-0.3, -0.25) is 9.80 Å². The monoisotopic (exact) mass is 428 g/mol. The summed E-state index contributed by atoms with van der Waals surface area (Å²) < 4.78 is 4.00. The molecule has 7 heteroatoms. The van der Waals surface area contributed by atoms with Crippen molar-refractivity contribution in [3.63, 3.8) is 0 Å². The largest absolute Gasteiger partial charge is 0.390 e. The fourth-order valence-corrected chi connectivity index (χ4v) is 4.29. The predicted molar refractivity (Wildman–Crippen MR) is 124 cm³/mol. The van der Waals surface area contributed by atoms with Crippen molar-refractivity contribution < 1.29 is 5.11 Å². The van der Waals surface area contributed by atoms with Gasteiger partial charge in [0.05, 0.1) is 18.8 Å². The van der Waals surface area contributed by atoms with Crippen molar-refractivity contribution in [2.24, 2.45) is 0 Å². The number of aliphatic hydroxyl groups excluding tert-OH is 1. The van der Waals surface area contributed by atoms with E-state index in [-0.39, 0.29) is 6.10 Å². The highest BCUT2D eigenvalue weighted by molar-refractivity contribution is 5.35. The Morgan fingerprint density at radius 3 is 1.50 bits per heavy atom. The van der Waals surface area contributed by atoms with Crippen LogP contribution in [0.2, 0.25) is 0 Å². The van der Waals surface area contributed by atoms with E-state index in [4.69, 9.17) is 0 Å². The number of benzene rings is 2. The van der Waals surface area contributed by atoms with Gasteiger partial charge in [0.25, 0.3) is 0 Å². The van der Waals surface area contributed by atoms with Gasteiger partial charge in [0, 0.05) is 75.4 Å². The Labute approximate surface area is 188 Å². The van der Waals surface area contributed by atoms with E-state index in [9.17, 15) is 5.11 Å². The third kappa shape index (κ3) is 4.96. The van der Waals surface area contributed by atoms with Crippen LogP contribution in [0.3, 0.4) is 0 Å². The first-order valence-corrected chi connectivity index (χ1v) is 11.0. The first kappa shape index (κ1) is 20.6. The van der Waals surface area contributed by atoms with Crippen LogP contribution in [0, 0.1) is 0 Å². The van der Waals surface area contributed by atoms with Crippen LogP contribution in [0.5, 0.6) is 0 Å². The summed E-state index contributed by atoms with van der Waals surface area (Å²) in [5.74, 6) is 0. The first-order valence-electron chi connectivity index (χ1n) is 11.0. The molecule has 2 aromatic carbocycles. The van der Waals surface area contributed by atoms with Crippen LogP contribution >= 0.6 is 0 Å². The summed E-state index contributed by atoms with van der Waals surface area (Å²) in [5, 5.41) is 10.6. The van der Waals surface area contributed by atoms with E-state index in [0.29, 0.717) is 13.1 Å². The van der Waals surface area contributed by atoms with E-state index in [1.54, 1.807) is 25.0 Å². The minimum atomic E-state index is -0.354. The molecule has 0 radical (unpaired) electrons. The molecular formula is C25H28N6O. The number of β-amino-alcohol motifs (C(OH)–C–C–N with tert-alkyl or cyclic N) is 1. The van der Waals surface area contributed by atoms with E-state index < -0.39 is 0 Å². The molecule has 1 aliphatic rings. The van der Waals surface area contributed by atoms with Gasteiger partial charge < -0.3 is 14.2 Å². The molecule has 2 aromatic heterocycles. The quantitative estimate of drug-likeness (QED) is 0.512. The van der Waals surface area contributed by atoms with Crippen LogP contribution in [0.15, 0.2) is 86.0 Å². The second kappa shape index (κ2) is 9.48. The molecule has 0 unspecified atom stereocenters. The van der Waals surface area contributed by atoms with E-state index >= 15 is 0 Å². The van der Waals surface area contributed by atoms with Crippen LogP contribution in [0.25, 0.3) is 11.4 Å². The molecule has 1 saturated heterocycles. The molecule has 5 rings (SSSR count). The zero-order chi connectivity index (χ0) is 21.8. The van der Waals surface area contributed by atoms with Gasteiger partial charge in [-0.25, -0.2) is 9.97 Å². The maximum Gasteiger partial charge on any atom is 0.0991 e. The number of aliphatic hydroxyl groups is 1. The second-order valence-corrected chi connectivity index (χ2v) is 8.40. The van der Waals surface area contributed by atoms with Crippen molar-refractivity contribution in [2.45, 2.75) is 19.2 Å². The average molecular weight is 429 g/mol. The fourth-order valence-electron chi connectivity index (χ4n) is 4.29. The molecule has 7 nitrogen and oxygen atoms in total. The van der Waals surface area contributed by atoms with Gasteiger partial charge in [-0.15, -0.1) is 0 Å². The Hall–Kier alpha value is -3.26. The summed E-state index contributed by atoms with van der Waals surface area (Å²) >= 11 is 0. The lowest BCUT2D eigenvalue weighted by Crippen LogP contribution is -2.33. The Balaban J connectivity index is 1.17. The SMILES string of the molecule is OC1CN(Cc2ccc(-n3ccnc3)cc2)CCN(Cc2ccc(-n3ccnc3)cc2)C1. The van der Waals surface area contributed by atoms with Gasteiger partial charge >= 0.3 is 0 Å². The van der Waals surface area contributed by atoms with Gasteiger partial charge in [-0.1, -0.05) is 24.3 Å². The zero-order valence-corrected chi connectivity index (χ0v) is 18.0. The highest BCUT2D eigenvalue weighted by atomic mass is 16.3. The molecule has 0 saturated carbocycles. The number of hydrogen-bond donors (Lipinski definition) is 1. The Kier molecular flexibility index (Phi) is 6.11. The number of rotatable bonds is 6. The molecule has 0 atom stereocenters. The van der Waals surface area contributed by atoms with Gasteiger partial charge in [0.1, 0.15) is 0 Å². The Morgan fingerprint density at radius 1 is 0.688 bits per heavy atom. The van der Waals surface area contributed by atoms with Crippen molar-refractivity contribution in [1.29, 1.82) is 0 Å². The summed E-state index contributed by atoms with van der Waals surface area (Å²) in [5.41, 5.74) is 4.72. The molecule has 4 aromatic rings. The Bertz CT molecular complexity index is 1000. The van der Waals surface area contributed by atoms with Crippen LogP contribution in [-0.4, -0.2) is 66.3 Å². The first-order chi connectivity index (χ1) is 15.7.